The molecule has 2 aromatic rings. The van der Waals surface area contributed by atoms with Crippen molar-refractivity contribution in [3.8, 4) is 11.5 Å². The predicted octanol–water partition coefficient (Wildman–Crippen LogP) is 4.36. The van der Waals surface area contributed by atoms with Gasteiger partial charge in [-0.1, -0.05) is 23.7 Å². The molecule has 0 aliphatic carbocycles. The van der Waals surface area contributed by atoms with Gasteiger partial charge in [0, 0.05) is 11.6 Å². The highest BCUT2D eigenvalue weighted by Crippen LogP contribution is 2.28. The molecule has 0 aliphatic heterocycles. The first-order valence-electron chi connectivity index (χ1n) is 6.52. The topological polar surface area (TPSA) is 30.5 Å². The van der Waals surface area contributed by atoms with Crippen LogP contribution in [0.15, 0.2) is 42.5 Å². The van der Waals surface area contributed by atoms with Crippen molar-refractivity contribution >= 4 is 17.3 Å². The number of hydrogen-bond acceptors (Lipinski definition) is 3. The van der Waals surface area contributed by atoms with Crippen molar-refractivity contribution in [2.75, 3.05) is 19.0 Å². The molecule has 2 aromatic carbocycles. The van der Waals surface area contributed by atoms with E-state index in [1.54, 1.807) is 7.11 Å². The summed E-state index contributed by atoms with van der Waals surface area (Å²) in [6.45, 7) is 3.28. The van der Waals surface area contributed by atoms with Gasteiger partial charge in [0.1, 0.15) is 11.5 Å². The van der Waals surface area contributed by atoms with Gasteiger partial charge < -0.3 is 14.8 Å². The van der Waals surface area contributed by atoms with E-state index >= 15 is 0 Å². The van der Waals surface area contributed by atoms with Gasteiger partial charge in [-0.15, -0.1) is 0 Å². The molecule has 106 valence electrons. The van der Waals surface area contributed by atoms with E-state index in [0.29, 0.717) is 18.2 Å². The molecule has 20 heavy (non-hydrogen) atoms. The minimum Gasteiger partial charge on any atom is -0.497 e. The highest BCUT2D eigenvalue weighted by molar-refractivity contribution is 6.30. The molecule has 3 nitrogen and oxygen atoms in total. The number of rotatable bonds is 6. The van der Waals surface area contributed by atoms with E-state index in [1.807, 2.05) is 49.4 Å². The molecular formula is C16H18ClNO2. The average molecular weight is 292 g/mol. The molecule has 0 unspecified atom stereocenters. The molecule has 0 aromatic heterocycles. The zero-order chi connectivity index (χ0) is 14.4. The summed E-state index contributed by atoms with van der Waals surface area (Å²) >= 11 is 6.03. The lowest BCUT2D eigenvalue weighted by molar-refractivity contribution is 0.341. The second-order valence-electron chi connectivity index (χ2n) is 4.28. The standard InChI is InChI=1S/C16H18ClNO2/c1-3-20-16-9-6-13(17)10-15(16)18-11-12-4-7-14(19-2)8-5-12/h4-10,18H,3,11H2,1-2H3. The Bertz CT molecular complexity index is 555. The molecule has 0 heterocycles. The maximum absolute atomic E-state index is 6.03. The molecule has 0 spiro atoms. The van der Waals surface area contributed by atoms with Crippen LogP contribution in [0.25, 0.3) is 0 Å². The molecule has 0 radical (unpaired) electrons. The number of ether oxygens (including phenoxy) is 2. The lowest BCUT2D eigenvalue weighted by Crippen LogP contribution is -2.02. The van der Waals surface area contributed by atoms with Crippen LogP contribution in [0.1, 0.15) is 12.5 Å². The minimum atomic E-state index is 0.624. The van der Waals surface area contributed by atoms with Crippen LogP contribution < -0.4 is 14.8 Å². The predicted molar refractivity (Wildman–Crippen MR) is 82.9 cm³/mol. The quantitative estimate of drug-likeness (QED) is 0.858. The van der Waals surface area contributed by atoms with E-state index in [-0.39, 0.29) is 0 Å². The normalized spacial score (nSPS) is 10.2. The molecule has 0 amide bonds. The van der Waals surface area contributed by atoms with Crippen LogP contribution >= 0.6 is 11.6 Å². The van der Waals surface area contributed by atoms with Crippen LogP contribution in [0.4, 0.5) is 5.69 Å². The summed E-state index contributed by atoms with van der Waals surface area (Å²) in [5, 5.41) is 4.03. The first-order valence-corrected chi connectivity index (χ1v) is 6.90. The van der Waals surface area contributed by atoms with E-state index < -0.39 is 0 Å². The fourth-order valence-electron chi connectivity index (χ4n) is 1.86. The van der Waals surface area contributed by atoms with Crippen LogP contribution in [0.3, 0.4) is 0 Å². The van der Waals surface area contributed by atoms with Crippen molar-refractivity contribution in [1.29, 1.82) is 0 Å². The monoisotopic (exact) mass is 291 g/mol. The van der Waals surface area contributed by atoms with Gasteiger partial charge in [-0.2, -0.15) is 0 Å². The van der Waals surface area contributed by atoms with Gasteiger partial charge in [-0.25, -0.2) is 0 Å². The Morgan fingerprint density at radius 2 is 1.85 bits per heavy atom. The van der Waals surface area contributed by atoms with Crippen molar-refractivity contribution in [1.82, 2.24) is 0 Å². The molecule has 0 saturated carbocycles. The second-order valence-corrected chi connectivity index (χ2v) is 4.71. The Morgan fingerprint density at radius 3 is 2.50 bits per heavy atom. The van der Waals surface area contributed by atoms with Gasteiger partial charge >= 0.3 is 0 Å². The average Bonchev–Trinajstić information content (AvgIpc) is 2.48. The number of hydrogen-bond donors (Lipinski definition) is 1. The lowest BCUT2D eigenvalue weighted by Gasteiger charge is -2.13. The third-order valence-electron chi connectivity index (χ3n) is 2.88. The Labute approximate surface area is 124 Å². The summed E-state index contributed by atoms with van der Waals surface area (Å²) in [5.74, 6) is 1.66. The first-order chi connectivity index (χ1) is 9.72. The SMILES string of the molecule is CCOc1ccc(Cl)cc1NCc1ccc(OC)cc1. The molecule has 0 saturated heterocycles. The third kappa shape index (κ3) is 3.81. The number of anilines is 1. The highest BCUT2D eigenvalue weighted by atomic mass is 35.5. The van der Waals surface area contributed by atoms with Gasteiger partial charge in [0.15, 0.2) is 0 Å². The summed E-state index contributed by atoms with van der Waals surface area (Å²) in [4.78, 5) is 0. The molecule has 1 N–H and O–H groups in total. The molecule has 4 heteroatoms. The zero-order valence-corrected chi connectivity index (χ0v) is 12.4. The van der Waals surface area contributed by atoms with Crippen molar-refractivity contribution in [2.45, 2.75) is 13.5 Å². The van der Waals surface area contributed by atoms with Gasteiger partial charge in [0.2, 0.25) is 0 Å². The molecule has 0 bridgehead atoms. The largest absolute Gasteiger partial charge is 0.497 e. The fraction of sp³-hybridized carbons (Fsp3) is 0.250. The molecule has 0 fully saturated rings. The number of methoxy groups -OCH3 is 1. The van der Waals surface area contributed by atoms with Gasteiger partial charge in [-0.3, -0.25) is 0 Å². The van der Waals surface area contributed by atoms with Crippen LogP contribution in [0.2, 0.25) is 5.02 Å². The van der Waals surface area contributed by atoms with Crippen LogP contribution in [-0.4, -0.2) is 13.7 Å². The smallest absolute Gasteiger partial charge is 0.142 e. The van der Waals surface area contributed by atoms with Crippen molar-refractivity contribution in [3.63, 3.8) is 0 Å². The minimum absolute atomic E-state index is 0.624. The Morgan fingerprint density at radius 1 is 1.10 bits per heavy atom. The zero-order valence-electron chi connectivity index (χ0n) is 11.7. The molecule has 0 aliphatic rings. The van der Waals surface area contributed by atoms with E-state index in [4.69, 9.17) is 21.1 Å². The molecular weight excluding hydrogens is 274 g/mol. The van der Waals surface area contributed by atoms with Crippen molar-refractivity contribution < 1.29 is 9.47 Å². The first kappa shape index (κ1) is 14.5. The van der Waals surface area contributed by atoms with E-state index in [0.717, 1.165) is 22.7 Å². The van der Waals surface area contributed by atoms with Gasteiger partial charge in [0.25, 0.3) is 0 Å². The number of benzene rings is 2. The molecule has 2 rings (SSSR count). The number of halogens is 1. The maximum Gasteiger partial charge on any atom is 0.142 e. The number of nitrogens with one attached hydrogen (secondary N) is 1. The lowest BCUT2D eigenvalue weighted by atomic mass is 10.2. The summed E-state index contributed by atoms with van der Waals surface area (Å²) in [7, 11) is 1.66. The Hall–Kier alpha value is -1.87. The summed E-state index contributed by atoms with van der Waals surface area (Å²) in [5.41, 5.74) is 2.06. The molecule has 0 atom stereocenters. The van der Waals surface area contributed by atoms with E-state index in [2.05, 4.69) is 5.32 Å². The van der Waals surface area contributed by atoms with E-state index in [9.17, 15) is 0 Å². The van der Waals surface area contributed by atoms with Crippen LogP contribution in [-0.2, 0) is 6.54 Å². The van der Waals surface area contributed by atoms with E-state index in [1.165, 1.54) is 0 Å². The van der Waals surface area contributed by atoms with Crippen LogP contribution in [0, 0.1) is 0 Å². The van der Waals surface area contributed by atoms with Gasteiger partial charge in [0.05, 0.1) is 19.4 Å². The van der Waals surface area contributed by atoms with Crippen molar-refractivity contribution in [3.05, 3.63) is 53.1 Å². The summed E-state index contributed by atoms with van der Waals surface area (Å²) < 4.78 is 10.7. The van der Waals surface area contributed by atoms with Gasteiger partial charge in [-0.05, 0) is 42.8 Å². The highest BCUT2D eigenvalue weighted by Gasteiger charge is 2.04. The maximum atomic E-state index is 6.03. The van der Waals surface area contributed by atoms with Crippen LogP contribution in [0.5, 0.6) is 11.5 Å². The summed E-state index contributed by atoms with van der Waals surface area (Å²) in [6, 6.07) is 13.5. The second kappa shape index (κ2) is 7.06. The Balaban J connectivity index is 2.07. The fourth-order valence-corrected chi connectivity index (χ4v) is 2.03. The van der Waals surface area contributed by atoms with Crippen molar-refractivity contribution in [2.24, 2.45) is 0 Å². The summed E-state index contributed by atoms with van der Waals surface area (Å²) in [6.07, 6.45) is 0. The third-order valence-corrected chi connectivity index (χ3v) is 3.12. The Kier molecular flexibility index (Phi) is 5.13.